The molecular weight excluding hydrogens is 308 g/mol. The molecule has 2 aromatic rings. The molecule has 1 aromatic carbocycles. The van der Waals surface area contributed by atoms with Crippen LogP contribution in [0, 0.1) is 30.9 Å². The molecule has 1 heterocycles. The Labute approximate surface area is 128 Å². The Morgan fingerprint density at radius 2 is 1.91 bits per heavy atom. The van der Waals surface area contributed by atoms with Gasteiger partial charge in [0, 0.05) is 19.2 Å². The van der Waals surface area contributed by atoms with Crippen LogP contribution in [-0.2, 0) is 17.1 Å². The molecule has 0 aliphatic carbocycles. The Balaban J connectivity index is 2.49. The van der Waals surface area contributed by atoms with Crippen LogP contribution in [0.25, 0.3) is 0 Å². The first-order valence-electron chi connectivity index (χ1n) is 6.41. The summed E-state index contributed by atoms with van der Waals surface area (Å²) in [6.07, 6.45) is 0. The molecule has 0 saturated carbocycles. The van der Waals surface area contributed by atoms with Crippen LogP contribution in [-0.4, -0.2) is 23.1 Å². The Hall–Kier alpha value is -2.42. The van der Waals surface area contributed by atoms with Crippen molar-refractivity contribution in [3.63, 3.8) is 0 Å². The molecule has 0 aliphatic rings. The zero-order chi connectivity index (χ0) is 16.7. The van der Waals surface area contributed by atoms with Crippen LogP contribution >= 0.6 is 0 Å². The summed E-state index contributed by atoms with van der Waals surface area (Å²) >= 11 is 0. The predicted molar refractivity (Wildman–Crippen MR) is 81.3 cm³/mol. The van der Waals surface area contributed by atoms with Crippen LogP contribution in [0.2, 0.25) is 0 Å². The number of nitro groups is 1. The van der Waals surface area contributed by atoms with Crippen molar-refractivity contribution in [2.24, 2.45) is 7.05 Å². The number of benzene rings is 1. The number of nitrogens with zero attached hydrogens (tertiary/aromatic N) is 3. The van der Waals surface area contributed by atoms with E-state index in [0.717, 1.165) is 0 Å². The molecule has 0 fully saturated rings. The number of nitro benzene ring substituents is 1. The Morgan fingerprint density at radius 3 is 2.41 bits per heavy atom. The highest BCUT2D eigenvalue weighted by Gasteiger charge is 2.25. The quantitative estimate of drug-likeness (QED) is 0.684. The fourth-order valence-corrected chi connectivity index (χ4v) is 3.73. The molecule has 8 nitrogen and oxygen atoms in total. The lowest BCUT2D eigenvalue weighted by Gasteiger charge is -2.10. The Bertz CT molecular complexity index is 855. The Kier molecular flexibility index (Phi) is 3.92. The zero-order valence-electron chi connectivity index (χ0n) is 12.6. The summed E-state index contributed by atoms with van der Waals surface area (Å²) in [6, 6.07) is 4.03. The molecule has 1 aromatic heterocycles. The van der Waals surface area contributed by atoms with E-state index in [-0.39, 0.29) is 16.3 Å². The predicted octanol–water partition coefficient (Wildman–Crippen LogP) is 2.05. The maximum Gasteiger partial charge on any atom is 0.271 e. The van der Waals surface area contributed by atoms with Crippen LogP contribution in [0.5, 0.6) is 0 Å². The van der Waals surface area contributed by atoms with Gasteiger partial charge in [-0.05, 0) is 26.3 Å². The second-order valence-corrected chi connectivity index (χ2v) is 6.60. The SMILES string of the molecule is Cc1ccc([N+](=O)[O-])cc1NS(=O)(=O)c1c(C)nn(C)c1C. The standard InChI is InChI=1S/C13H16N4O4S/c1-8-5-6-11(17(18)19)7-12(8)15-22(20,21)13-9(2)14-16(4)10(13)3/h5-7,15H,1-4H3. The Morgan fingerprint density at radius 1 is 1.27 bits per heavy atom. The summed E-state index contributed by atoms with van der Waals surface area (Å²) in [5, 5.41) is 14.9. The molecule has 0 spiro atoms. The molecule has 118 valence electrons. The van der Waals surface area contributed by atoms with E-state index in [9.17, 15) is 18.5 Å². The number of hydrogen-bond acceptors (Lipinski definition) is 5. The van der Waals surface area contributed by atoms with Gasteiger partial charge in [0.1, 0.15) is 4.90 Å². The minimum Gasteiger partial charge on any atom is -0.279 e. The van der Waals surface area contributed by atoms with Crippen molar-refractivity contribution in [2.75, 3.05) is 4.72 Å². The molecule has 0 saturated heterocycles. The molecule has 9 heteroatoms. The molecular formula is C13H16N4O4S. The maximum atomic E-state index is 12.6. The van der Waals surface area contributed by atoms with Crippen molar-refractivity contribution in [1.82, 2.24) is 9.78 Å². The number of aryl methyl sites for hydroxylation is 3. The normalized spacial score (nSPS) is 11.5. The minimum absolute atomic E-state index is 0.0842. The van der Waals surface area contributed by atoms with Crippen LogP contribution in [0.15, 0.2) is 23.1 Å². The third-order valence-corrected chi connectivity index (χ3v) is 5.00. The van der Waals surface area contributed by atoms with Crippen molar-refractivity contribution in [3.8, 4) is 0 Å². The van der Waals surface area contributed by atoms with Gasteiger partial charge in [0.25, 0.3) is 15.7 Å². The van der Waals surface area contributed by atoms with Gasteiger partial charge in [-0.3, -0.25) is 19.5 Å². The van der Waals surface area contributed by atoms with Crippen LogP contribution < -0.4 is 4.72 Å². The maximum absolute atomic E-state index is 12.6. The van der Waals surface area contributed by atoms with Gasteiger partial charge < -0.3 is 0 Å². The first-order valence-corrected chi connectivity index (χ1v) is 7.90. The average molecular weight is 324 g/mol. The number of hydrogen-bond donors (Lipinski definition) is 1. The van der Waals surface area contributed by atoms with E-state index in [1.54, 1.807) is 27.8 Å². The number of nitrogens with one attached hydrogen (secondary N) is 1. The molecule has 0 unspecified atom stereocenters. The summed E-state index contributed by atoms with van der Waals surface area (Å²) in [5.41, 5.74) is 1.46. The second-order valence-electron chi connectivity index (χ2n) is 4.99. The number of anilines is 1. The fraction of sp³-hybridized carbons (Fsp3) is 0.308. The van der Waals surface area contributed by atoms with E-state index in [2.05, 4.69) is 9.82 Å². The van der Waals surface area contributed by atoms with Crippen molar-refractivity contribution in [1.29, 1.82) is 0 Å². The van der Waals surface area contributed by atoms with Crippen LogP contribution in [0.1, 0.15) is 17.0 Å². The monoisotopic (exact) mass is 324 g/mol. The van der Waals surface area contributed by atoms with Crippen molar-refractivity contribution in [2.45, 2.75) is 25.7 Å². The van der Waals surface area contributed by atoms with Crippen molar-refractivity contribution < 1.29 is 13.3 Å². The molecule has 0 amide bonds. The third-order valence-electron chi connectivity index (χ3n) is 3.39. The number of non-ortho nitro benzene ring substituents is 1. The zero-order valence-corrected chi connectivity index (χ0v) is 13.4. The van der Waals surface area contributed by atoms with E-state index >= 15 is 0 Å². The van der Waals surface area contributed by atoms with Gasteiger partial charge in [-0.2, -0.15) is 5.10 Å². The lowest BCUT2D eigenvalue weighted by Crippen LogP contribution is -2.15. The number of aromatic nitrogens is 2. The van der Waals surface area contributed by atoms with Gasteiger partial charge >= 0.3 is 0 Å². The molecule has 0 bridgehead atoms. The largest absolute Gasteiger partial charge is 0.279 e. The van der Waals surface area contributed by atoms with Gasteiger partial charge in [0.2, 0.25) is 0 Å². The highest BCUT2D eigenvalue weighted by molar-refractivity contribution is 7.92. The van der Waals surface area contributed by atoms with E-state index in [1.807, 2.05) is 0 Å². The van der Waals surface area contributed by atoms with E-state index in [4.69, 9.17) is 0 Å². The topological polar surface area (TPSA) is 107 Å². The van der Waals surface area contributed by atoms with Crippen LogP contribution in [0.4, 0.5) is 11.4 Å². The number of rotatable bonds is 4. The molecule has 1 N–H and O–H groups in total. The fourth-order valence-electron chi connectivity index (χ4n) is 2.17. The summed E-state index contributed by atoms with van der Waals surface area (Å²) in [6.45, 7) is 4.92. The lowest BCUT2D eigenvalue weighted by molar-refractivity contribution is -0.384. The third kappa shape index (κ3) is 2.80. The molecule has 2 rings (SSSR count). The average Bonchev–Trinajstić information content (AvgIpc) is 2.65. The molecule has 0 atom stereocenters. The lowest BCUT2D eigenvalue weighted by atomic mass is 10.2. The van der Waals surface area contributed by atoms with E-state index in [0.29, 0.717) is 17.0 Å². The van der Waals surface area contributed by atoms with Crippen molar-refractivity contribution in [3.05, 3.63) is 45.3 Å². The summed E-state index contributed by atoms with van der Waals surface area (Å²) in [7, 11) is -2.22. The van der Waals surface area contributed by atoms with Gasteiger partial charge in [0.15, 0.2) is 0 Å². The highest BCUT2D eigenvalue weighted by Crippen LogP contribution is 2.26. The molecule has 22 heavy (non-hydrogen) atoms. The smallest absolute Gasteiger partial charge is 0.271 e. The summed E-state index contributed by atoms with van der Waals surface area (Å²) in [4.78, 5) is 10.3. The summed E-state index contributed by atoms with van der Waals surface area (Å²) < 4.78 is 29.0. The number of sulfonamides is 1. The van der Waals surface area contributed by atoms with E-state index in [1.165, 1.54) is 22.9 Å². The molecule has 0 aliphatic heterocycles. The second kappa shape index (κ2) is 5.41. The first-order chi connectivity index (χ1) is 10.1. The van der Waals surface area contributed by atoms with Gasteiger partial charge in [-0.1, -0.05) is 6.07 Å². The van der Waals surface area contributed by atoms with Gasteiger partial charge in [-0.25, -0.2) is 8.42 Å². The van der Waals surface area contributed by atoms with Crippen molar-refractivity contribution >= 4 is 21.4 Å². The van der Waals surface area contributed by atoms with Gasteiger partial charge in [-0.15, -0.1) is 0 Å². The molecule has 0 radical (unpaired) electrons. The van der Waals surface area contributed by atoms with Crippen LogP contribution in [0.3, 0.4) is 0 Å². The van der Waals surface area contributed by atoms with Gasteiger partial charge in [0.05, 0.1) is 22.0 Å². The minimum atomic E-state index is -3.87. The highest BCUT2D eigenvalue weighted by atomic mass is 32.2. The first kappa shape index (κ1) is 16.0. The van der Waals surface area contributed by atoms with E-state index < -0.39 is 14.9 Å². The summed E-state index contributed by atoms with van der Waals surface area (Å²) in [5.74, 6) is 0.